The van der Waals surface area contributed by atoms with Crippen molar-refractivity contribution in [2.24, 2.45) is 5.92 Å². The van der Waals surface area contributed by atoms with Crippen molar-refractivity contribution in [1.29, 1.82) is 0 Å². The number of nitrogens with one attached hydrogen (secondary N) is 2. The van der Waals surface area contributed by atoms with E-state index >= 15 is 0 Å². The molecule has 0 spiro atoms. The zero-order valence-electron chi connectivity index (χ0n) is 12.4. The minimum Gasteiger partial charge on any atom is -0.332 e. The maximum absolute atomic E-state index is 12.6. The first-order valence-corrected chi connectivity index (χ1v) is 8.68. The molecule has 20 heavy (non-hydrogen) atoms. The molecule has 2 heterocycles. The van der Waals surface area contributed by atoms with Gasteiger partial charge in [0.2, 0.25) is 0 Å². The van der Waals surface area contributed by atoms with Crippen LogP contribution in [-0.2, 0) is 10.0 Å². The zero-order valence-corrected chi connectivity index (χ0v) is 13.2. The Morgan fingerprint density at radius 2 is 2.25 bits per heavy atom. The highest BCUT2D eigenvalue weighted by Crippen LogP contribution is 2.25. The molecule has 1 aromatic heterocycles. The van der Waals surface area contributed by atoms with Crippen molar-refractivity contribution in [2.75, 3.05) is 19.6 Å². The second kappa shape index (κ2) is 6.24. The van der Waals surface area contributed by atoms with E-state index < -0.39 is 10.0 Å². The monoisotopic (exact) mass is 300 g/mol. The molecule has 2 atom stereocenters. The average molecular weight is 300 g/mol. The molecule has 0 radical (unpaired) electrons. The summed E-state index contributed by atoms with van der Waals surface area (Å²) in [4.78, 5) is 6.81. The van der Waals surface area contributed by atoms with E-state index in [9.17, 15) is 8.42 Å². The Bertz CT molecular complexity index is 540. The maximum Gasteiger partial charge on any atom is 0.260 e. The second-order valence-corrected chi connectivity index (χ2v) is 7.22. The fraction of sp³-hybridized carbons (Fsp3) is 0.769. The van der Waals surface area contributed by atoms with Crippen molar-refractivity contribution >= 4 is 10.0 Å². The number of imidazole rings is 1. The summed E-state index contributed by atoms with van der Waals surface area (Å²) >= 11 is 0. The van der Waals surface area contributed by atoms with Crippen LogP contribution in [0.15, 0.2) is 11.2 Å². The van der Waals surface area contributed by atoms with Crippen molar-refractivity contribution in [3.63, 3.8) is 0 Å². The molecule has 0 bridgehead atoms. The number of aryl methyl sites for hydroxylation is 1. The van der Waals surface area contributed by atoms with Crippen molar-refractivity contribution in [1.82, 2.24) is 19.6 Å². The molecule has 1 aliphatic heterocycles. The lowest BCUT2D eigenvalue weighted by Gasteiger charge is -2.37. The Morgan fingerprint density at radius 1 is 1.50 bits per heavy atom. The maximum atomic E-state index is 12.6. The third-order valence-corrected chi connectivity index (χ3v) is 5.76. The number of sulfonamides is 1. The predicted molar refractivity (Wildman–Crippen MR) is 77.9 cm³/mol. The van der Waals surface area contributed by atoms with Crippen LogP contribution in [0.3, 0.4) is 0 Å². The first kappa shape index (κ1) is 15.5. The van der Waals surface area contributed by atoms with Gasteiger partial charge >= 0.3 is 0 Å². The number of piperidine rings is 1. The van der Waals surface area contributed by atoms with Crippen LogP contribution in [0.1, 0.15) is 32.5 Å². The molecule has 1 fully saturated rings. The summed E-state index contributed by atoms with van der Waals surface area (Å²) < 4.78 is 26.7. The molecular formula is C13H24N4O2S. The Morgan fingerprint density at radius 3 is 2.80 bits per heavy atom. The van der Waals surface area contributed by atoms with Crippen molar-refractivity contribution < 1.29 is 8.42 Å². The summed E-state index contributed by atoms with van der Waals surface area (Å²) in [5.74, 6) is 0.987. The van der Waals surface area contributed by atoms with Gasteiger partial charge in [0.25, 0.3) is 10.0 Å². The molecule has 2 rings (SSSR count). The summed E-state index contributed by atoms with van der Waals surface area (Å²) in [5, 5.41) is 3.66. The molecule has 0 amide bonds. The number of hydrogen-bond acceptors (Lipinski definition) is 4. The lowest BCUT2D eigenvalue weighted by Crippen LogP contribution is -2.50. The molecule has 1 aromatic rings. The Hall–Kier alpha value is -0.920. The third-order valence-electron chi connectivity index (χ3n) is 3.98. The molecule has 2 N–H and O–H groups in total. The van der Waals surface area contributed by atoms with Gasteiger partial charge in [0.05, 0.1) is 6.20 Å². The number of H-pyrrole nitrogens is 1. The van der Waals surface area contributed by atoms with Crippen LogP contribution in [0.5, 0.6) is 0 Å². The fourth-order valence-electron chi connectivity index (χ4n) is 2.83. The standard InChI is InChI=1S/C13H24N4O2S/c1-4-11-9-17(7-6-12(11)14-5-2)20(18,19)13-8-15-10(3)16-13/h8,11-12,14H,4-7,9H2,1-3H3,(H,15,16). The van der Waals surface area contributed by atoms with Gasteiger partial charge in [-0.05, 0) is 25.8 Å². The highest BCUT2D eigenvalue weighted by atomic mass is 32.2. The molecule has 1 aliphatic rings. The van der Waals surface area contributed by atoms with Crippen molar-refractivity contribution in [3.05, 3.63) is 12.0 Å². The predicted octanol–water partition coefficient (Wildman–Crippen LogP) is 1.12. The molecule has 0 aromatic carbocycles. The first-order valence-electron chi connectivity index (χ1n) is 7.24. The third kappa shape index (κ3) is 3.05. The Kier molecular flexibility index (Phi) is 4.82. The number of nitrogens with zero attached hydrogens (tertiary/aromatic N) is 2. The van der Waals surface area contributed by atoms with Crippen LogP contribution in [0.2, 0.25) is 0 Å². The van der Waals surface area contributed by atoms with Gasteiger partial charge in [-0.25, -0.2) is 13.4 Å². The number of hydrogen-bond donors (Lipinski definition) is 2. The van der Waals surface area contributed by atoms with Crippen LogP contribution in [0.4, 0.5) is 0 Å². The highest BCUT2D eigenvalue weighted by molar-refractivity contribution is 7.89. The topological polar surface area (TPSA) is 78.1 Å². The average Bonchev–Trinajstić information content (AvgIpc) is 2.87. The van der Waals surface area contributed by atoms with Gasteiger partial charge in [0.15, 0.2) is 5.03 Å². The minimum atomic E-state index is -3.44. The Labute approximate surface area is 121 Å². The van der Waals surface area contributed by atoms with E-state index in [2.05, 4.69) is 29.1 Å². The van der Waals surface area contributed by atoms with Crippen LogP contribution in [0, 0.1) is 12.8 Å². The molecule has 7 heteroatoms. The fourth-order valence-corrected chi connectivity index (χ4v) is 4.30. The molecule has 1 saturated heterocycles. The van der Waals surface area contributed by atoms with Gasteiger partial charge in [-0.3, -0.25) is 0 Å². The van der Waals surface area contributed by atoms with Crippen LogP contribution >= 0.6 is 0 Å². The van der Waals surface area contributed by atoms with E-state index in [4.69, 9.17) is 0 Å². The molecule has 6 nitrogen and oxygen atoms in total. The van der Waals surface area contributed by atoms with Gasteiger partial charge in [-0.15, -0.1) is 0 Å². The van der Waals surface area contributed by atoms with Crippen LogP contribution in [-0.4, -0.2) is 48.4 Å². The SMILES string of the molecule is CCNC1CCN(S(=O)(=O)c2cnc(C)[nH]2)CC1CC. The quantitative estimate of drug-likeness (QED) is 0.854. The van der Waals surface area contributed by atoms with E-state index in [0.717, 1.165) is 19.4 Å². The summed E-state index contributed by atoms with van der Waals surface area (Å²) in [5.41, 5.74) is 0. The number of aromatic nitrogens is 2. The van der Waals surface area contributed by atoms with Gasteiger partial charge in [-0.1, -0.05) is 20.3 Å². The molecule has 2 unspecified atom stereocenters. The largest absolute Gasteiger partial charge is 0.332 e. The molecule has 0 aliphatic carbocycles. The van der Waals surface area contributed by atoms with Gasteiger partial charge in [-0.2, -0.15) is 4.31 Å². The summed E-state index contributed by atoms with van der Waals surface area (Å²) in [7, 11) is -3.44. The van der Waals surface area contributed by atoms with Crippen molar-refractivity contribution in [2.45, 2.75) is 44.7 Å². The zero-order chi connectivity index (χ0) is 14.8. The van der Waals surface area contributed by atoms with E-state index in [1.54, 1.807) is 11.2 Å². The molecule has 114 valence electrons. The van der Waals surface area contributed by atoms with Gasteiger partial charge in [0, 0.05) is 19.1 Å². The van der Waals surface area contributed by atoms with E-state index in [-0.39, 0.29) is 5.03 Å². The lowest BCUT2D eigenvalue weighted by atomic mass is 9.91. The van der Waals surface area contributed by atoms with Crippen molar-refractivity contribution in [3.8, 4) is 0 Å². The summed E-state index contributed by atoms with van der Waals surface area (Å²) in [6.45, 7) is 8.02. The summed E-state index contributed by atoms with van der Waals surface area (Å²) in [6, 6.07) is 0.417. The molecule has 0 saturated carbocycles. The molecular weight excluding hydrogens is 276 g/mol. The van der Waals surface area contributed by atoms with E-state index in [0.29, 0.717) is 30.9 Å². The van der Waals surface area contributed by atoms with Crippen LogP contribution in [0.25, 0.3) is 0 Å². The smallest absolute Gasteiger partial charge is 0.260 e. The lowest BCUT2D eigenvalue weighted by molar-refractivity contribution is 0.204. The summed E-state index contributed by atoms with van der Waals surface area (Å²) in [6.07, 6.45) is 3.24. The number of rotatable bonds is 5. The highest BCUT2D eigenvalue weighted by Gasteiger charge is 2.35. The van der Waals surface area contributed by atoms with Crippen LogP contribution < -0.4 is 5.32 Å². The Balaban J connectivity index is 2.14. The second-order valence-electron chi connectivity index (χ2n) is 5.32. The normalized spacial score (nSPS) is 24.9. The van der Waals surface area contributed by atoms with E-state index in [1.165, 1.54) is 6.20 Å². The number of aromatic amines is 1. The first-order chi connectivity index (χ1) is 9.48. The van der Waals surface area contributed by atoms with Gasteiger partial charge < -0.3 is 10.3 Å². The van der Waals surface area contributed by atoms with E-state index in [1.807, 2.05) is 0 Å². The van der Waals surface area contributed by atoms with Gasteiger partial charge in [0.1, 0.15) is 5.82 Å². The minimum absolute atomic E-state index is 0.201.